The van der Waals surface area contributed by atoms with E-state index in [2.05, 4.69) is 27.3 Å². The Hall–Kier alpha value is -4.16. The van der Waals surface area contributed by atoms with Crippen molar-refractivity contribution in [3.8, 4) is 11.3 Å². The molecule has 5 rings (SSSR count). The highest BCUT2D eigenvalue weighted by Crippen LogP contribution is 2.40. The number of amides is 1. The molecule has 10 nitrogen and oxygen atoms in total. The molecule has 0 unspecified atom stereocenters. The quantitative estimate of drug-likeness (QED) is 0.303. The second-order valence-corrected chi connectivity index (χ2v) is 10.5. The van der Waals surface area contributed by atoms with Gasteiger partial charge in [-0.2, -0.15) is 9.61 Å². The molecule has 3 aromatic heterocycles. The lowest BCUT2D eigenvalue weighted by molar-refractivity contribution is 0.0778. The summed E-state index contributed by atoms with van der Waals surface area (Å²) < 4.78 is 36.2. The fraction of sp³-hybridized carbons (Fsp3) is 0.379. The van der Waals surface area contributed by atoms with Crippen molar-refractivity contribution in [2.75, 3.05) is 26.1 Å². The summed E-state index contributed by atoms with van der Waals surface area (Å²) in [5.41, 5.74) is 9.12. The topological polar surface area (TPSA) is 131 Å². The molecule has 0 saturated heterocycles. The van der Waals surface area contributed by atoms with Gasteiger partial charge in [-0.05, 0) is 72.6 Å². The fourth-order valence-electron chi connectivity index (χ4n) is 5.99. The van der Waals surface area contributed by atoms with E-state index in [-0.39, 0.29) is 48.2 Å². The number of anilines is 2. The van der Waals surface area contributed by atoms with E-state index in [1.807, 2.05) is 6.07 Å². The number of hydrogen-bond donors (Lipinski definition) is 3. The monoisotopic (exact) mass is 565 g/mol. The number of hydrogen-bond acceptors (Lipinski definition) is 8. The van der Waals surface area contributed by atoms with Crippen molar-refractivity contribution >= 4 is 23.2 Å². The van der Waals surface area contributed by atoms with E-state index in [0.29, 0.717) is 29.1 Å². The first-order valence-corrected chi connectivity index (χ1v) is 13.4. The lowest BCUT2D eigenvalue weighted by atomic mass is 9.73. The SMILES string of the molecule is COC(=O)N(C)[C@@H]1[C@H](N)C[C@H](c2ccncc2Nc2ncc3ccc(-c4c(F)cc(CCO)cc4F)nn23)C[C@@H]1C. The molecule has 0 aliphatic heterocycles. The maximum absolute atomic E-state index is 14.9. The molecule has 216 valence electrons. The molecule has 0 spiro atoms. The zero-order valence-electron chi connectivity index (χ0n) is 23.1. The Morgan fingerprint density at radius 3 is 2.66 bits per heavy atom. The van der Waals surface area contributed by atoms with E-state index in [0.717, 1.165) is 12.0 Å². The van der Waals surface area contributed by atoms with Gasteiger partial charge < -0.3 is 25.8 Å². The van der Waals surface area contributed by atoms with E-state index in [1.54, 1.807) is 36.6 Å². The molecule has 41 heavy (non-hydrogen) atoms. The average molecular weight is 566 g/mol. The van der Waals surface area contributed by atoms with Crippen molar-refractivity contribution in [3.63, 3.8) is 0 Å². The number of fused-ring (bicyclic) bond motifs is 1. The minimum Gasteiger partial charge on any atom is -0.453 e. The number of nitrogens with one attached hydrogen (secondary N) is 1. The van der Waals surface area contributed by atoms with Crippen LogP contribution in [0.4, 0.5) is 25.2 Å². The summed E-state index contributed by atoms with van der Waals surface area (Å²) in [7, 11) is 3.06. The molecule has 4 aromatic rings. The number of likely N-dealkylation sites (N-methyl/N-ethyl adjacent to an activating group) is 1. The summed E-state index contributed by atoms with van der Waals surface area (Å²) in [6.07, 6.45) is 6.19. The highest BCUT2D eigenvalue weighted by molar-refractivity contribution is 5.68. The molecule has 1 fully saturated rings. The number of aliphatic hydroxyl groups is 1. The average Bonchev–Trinajstić information content (AvgIpc) is 3.34. The molecule has 0 radical (unpaired) electrons. The third kappa shape index (κ3) is 5.57. The normalized spacial score (nSPS) is 20.7. The second kappa shape index (κ2) is 11.8. The lowest BCUT2D eigenvalue weighted by Crippen LogP contribution is -2.55. The van der Waals surface area contributed by atoms with Crippen LogP contribution in [0, 0.1) is 17.6 Å². The minimum absolute atomic E-state index is 0.0863. The van der Waals surface area contributed by atoms with Gasteiger partial charge in [-0.25, -0.2) is 18.6 Å². The maximum Gasteiger partial charge on any atom is 0.409 e. The lowest BCUT2D eigenvalue weighted by Gasteiger charge is -2.43. The zero-order valence-corrected chi connectivity index (χ0v) is 23.1. The van der Waals surface area contributed by atoms with Crippen molar-refractivity contribution in [1.82, 2.24) is 24.5 Å². The Kier molecular flexibility index (Phi) is 8.13. The van der Waals surface area contributed by atoms with Gasteiger partial charge in [0.25, 0.3) is 0 Å². The number of carbonyl (C=O) groups is 1. The number of methoxy groups -OCH3 is 1. The second-order valence-electron chi connectivity index (χ2n) is 10.5. The Labute approximate surface area is 236 Å². The van der Waals surface area contributed by atoms with E-state index in [9.17, 15) is 13.6 Å². The van der Waals surface area contributed by atoms with Gasteiger partial charge in [-0.15, -0.1) is 0 Å². The number of halogens is 2. The number of aliphatic hydroxyl groups excluding tert-OH is 1. The zero-order chi connectivity index (χ0) is 29.3. The van der Waals surface area contributed by atoms with E-state index in [4.69, 9.17) is 15.6 Å². The Morgan fingerprint density at radius 1 is 1.22 bits per heavy atom. The van der Waals surface area contributed by atoms with Crippen molar-refractivity contribution in [1.29, 1.82) is 0 Å². The third-order valence-electron chi connectivity index (χ3n) is 7.83. The molecule has 1 aromatic carbocycles. The summed E-state index contributed by atoms with van der Waals surface area (Å²) >= 11 is 0. The van der Waals surface area contributed by atoms with Gasteiger partial charge in [0.15, 0.2) is 0 Å². The van der Waals surface area contributed by atoms with Crippen molar-refractivity contribution < 1.29 is 23.4 Å². The molecular weight excluding hydrogens is 532 g/mol. The molecule has 4 atom stereocenters. The fourth-order valence-corrected chi connectivity index (χ4v) is 5.99. The number of rotatable bonds is 7. The van der Waals surface area contributed by atoms with Crippen LogP contribution in [0.5, 0.6) is 0 Å². The molecule has 1 saturated carbocycles. The van der Waals surface area contributed by atoms with Crippen LogP contribution in [0.2, 0.25) is 0 Å². The molecule has 4 N–H and O–H groups in total. The largest absolute Gasteiger partial charge is 0.453 e. The van der Waals surface area contributed by atoms with Crippen LogP contribution in [0.1, 0.15) is 36.8 Å². The Balaban J connectivity index is 1.43. The summed E-state index contributed by atoms with van der Waals surface area (Å²) in [6.45, 7) is 1.87. The van der Waals surface area contributed by atoms with Crippen LogP contribution < -0.4 is 11.1 Å². The van der Waals surface area contributed by atoms with Crippen LogP contribution in [0.25, 0.3) is 16.8 Å². The number of nitrogens with zero attached hydrogens (tertiary/aromatic N) is 5. The first-order valence-electron chi connectivity index (χ1n) is 13.4. The Morgan fingerprint density at radius 2 is 1.98 bits per heavy atom. The van der Waals surface area contributed by atoms with Crippen molar-refractivity contribution in [3.05, 3.63) is 71.7 Å². The maximum atomic E-state index is 14.9. The molecular formula is C29H33F2N7O3. The summed E-state index contributed by atoms with van der Waals surface area (Å²) in [6, 6.07) is 7.15. The van der Waals surface area contributed by atoms with E-state index >= 15 is 0 Å². The van der Waals surface area contributed by atoms with Crippen molar-refractivity contribution in [2.45, 2.75) is 44.2 Å². The van der Waals surface area contributed by atoms with Crippen LogP contribution in [-0.4, -0.2) is 68.5 Å². The van der Waals surface area contributed by atoms with Gasteiger partial charge in [-0.1, -0.05) is 6.92 Å². The summed E-state index contributed by atoms with van der Waals surface area (Å²) in [4.78, 5) is 22.5. The molecule has 3 heterocycles. The van der Waals surface area contributed by atoms with Gasteiger partial charge in [-0.3, -0.25) is 4.98 Å². The smallest absolute Gasteiger partial charge is 0.409 e. The molecule has 1 aliphatic rings. The number of imidazole rings is 1. The van der Waals surface area contributed by atoms with Crippen LogP contribution >= 0.6 is 0 Å². The van der Waals surface area contributed by atoms with Gasteiger partial charge in [0.2, 0.25) is 5.95 Å². The number of nitrogens with two attached hydrogens (primary N) is 1. The molecule has 12 heteroatoms. The first-order chi connectivity index (χ1) is 19.7. The van der Waals surface area contributed by atoms with Crippen LogP contribution in [-0.2, 0) is 11.2 Å². The number of benzene rings is 1. The third-order valence-corrected chi connectivity index (χ3v) is 7.83. The van der Waals surface area contributed by atoms with E-state index in [1.165, 1.54) is 29.8 Å². The highest BCUT2D eigenvalue weighted by Gasteiger charge is 2.39. The number of carbonyl (C=O) groups excluding carboxylic acids is 1. The standard InChI is InChI=1S/C29H33F2N7O3/c1-16-10-18(13-23(32)27(16)37(2)29(40)41-3)20-6-8-33-15-25(20)35-28-34-14-19-4-5-24(36-38(19)28)26-21(30)11-17(7-9-39)12-22(26)31/h4-6,8,11-12,14-16,18,23,27,39H,7,9-10,13,32H2,1-3H3,(H,34,35)/t16-,18+,23+,27-/m0/s1. The van der Waals surface area contributed by atoms with Gasteiger partial charge in [0, 0.05) is 25.9 Å². The molecule has 1 aliphatic carbocycles. The molecule has 0 bridgehead atoms. The predicted octanol–water partition coefficient (Wildman–Crippen LogP) is 4.26. The number of aromatic nitrogens is 4. The van der Waals surface area contributed by atoms with Crippen LogP contribution in [0.3, 0.4) is 0 Å². The minimum atomic E-state index is -0.761. The Bertz CT molecular complexity index is 1530. The highest BCUT2D eigenvalue weighted by atomic mass is 19.1. The van der Waals surface area contributed by atoms with Crippen LogP contribution in [0.15, 0.2) is 48.9 Å². The molecule has 1 amide bonds. The number of ether oxygens (including phenoxy) is 1. The van der Waals surface area contributed by atoms with E-state index < -0.39 is 17.7 Å². The summed E-state index contributed by atoms with van der Waals surface area (Å²) in [5.74, 6) is -0.973. The number of pyridine rings is 1. The first kappa shape index (κ1) is 28.4. The van der Waals surface area contributed by atoms with Crippen molar-refractivity contribution in [2.24, 2.45) is 11.7 Å². The predicted molar refractivity (Wildman–Crippen MR) is 150 cm³/mol. The summed E-state index contributed by atoms with van der Waals surface area (Å²) in [5, 5.41) is 16.9. The van der Waals surface area contributed by atoms with Gasteiger partial charge >= 0.3 is 6.09 Å². The van der Waals surface area contributed by atoms with Gasteiger partial charge in [0.1, 0.15) is 11.6 Å². The van der Waals surface area contributed by atoms with Gasteiger partial charge in [0.05, 0.1) is 48.0 Å².